The number of benzene rings is 1. The number of aryl methyl sites for hydroxylation is 1. The predicted octanol–water partition coefficient (Wildman–Crippen LogP) is 2.19. The Morgan fingerprint density at radius 2 is 2.22 bits per heavy atom. The summed E-state index contributed by atoms with van der Waals surface area (Å²) in [5, 5.41) is 13.5. The molecule has 0 amide bonds. The molecule has 0 fully saturated rings. The van der Waals surface area contributed by atoms with Crippen LogP contribution in [-0.4, -0.2) is 14.9 Å². The van der Waals surface area contributed by atoms with Crippen molar-refractivity contribution in [2.45, 2.75) is 19.6 Å². The number of hydrogen-bond acceptors (Lipinski definition) is 3. The van der Waals surface area contributed by atoms with E-state index in [1.54, 1.807) is 10.7 Å². The Hall–Kier alpha value is -1.88. The molecule has 96 valence electrons. The molecule has 0 aliphatic rings. The molecule has 4 nitrogen and oxygen atoms in total. The number of aliphatic hydroxyl groups excluding tert-OH is 1. The maximum atomic E-state index is 13.6. The van der Waals surface area contributed by atoms with Gasteiger partial charge in [0.2, 0.25) is 0 Å². The van der Waals surface area contributed by atoms with Crippen molar-refractivity contribution in [1.82, 2.24) is 9.78 Å². The van der Waals surface area contributed by atoms with Gasteiger partial charge >= 0.3 is 0 Å². The number of rotatable bonds is 4. The molecule has 0 unspecified atom stereocenters. The Morgan fingerprint density at radius 3 is 2.78 bits per heavy atom. The molecule has 1 aromatic carbocycles. The quantitative estimate of drug-likeness (QED) is 0.904. The van der Waals surface area contributed by atoms with Crippen molar-refractivity contribution in [3.63, 3.8) is 0 Å². The molecule has 2 rings (SSSR count). The smallest absolute Gasteiger partial charge is 0.132 e. The number of aliphatic hydroxyl groups is 1. The topological polar surface area (TPSA) is 47.3 Å². The molecule has 1 N–H and O–H groups in total. The summed E-state index contributed by atoms with van der Waals surface area (Å²) in [5.74, 6) is -0.0499. The lowest BCUT2D eigenvalue weighted by atomic mass is 10.1. The highest BCUT2D eigenvalue weighted by atomic mass is 19.1. The van der Waals surface area contributed by atoms with Crippen LogP contribution >= 0.6 is 0 Å². The van der Waals surface area contributed by atoms with Crippen LogP contribution in [0.15, 0.2) is 30.5 Å². The van der Waals surface area contributed by atoms with Crippen LogP contribution < -0.4 is 4.74 Å². The number of ether oxygens (including phenoxy) is 1. The molecular weight excluding hydrogens is 235 g/mol. The molecule has 0 saturated heterocycles. The Kier molecular flexibility index (Phi) is 3.62. The van der Waals surface area contributed by atoms with Crippen LogP contribution in [0.5, 0.6) is 5.75 Å². The van der Waals surface area contributed by atoms with E-state index in [9.17, 15) is 9.50 Å². The van der Waals surface area contributed by atoms with Gasteiger partial charge in [-0.25, -0.2) is 4.39 Å². The number of aromatic nitrogens is 2. The van der Waals surface area contributed by atoms with Crippen LogP contribution in [0.3, 0.4) is 0 Å². The van der Waals surface area contributed by atoms with Crippen molar-refractivity contribution in [2.75, 3.05) is 0 Å². The molecule has 5 heteroatoms. The summed E-state index contributed by atoms with van der Waals surface area (Å²) in [6.45, 7) is 1.81. The van der Waals surface area contributed by atoms with E-state index in [1.165, 1.54) is 19.1 Å². The van der Waals surface area contributed by atoms with Gasteiger partial charge in [0.15, 0.2) is 0 Å². The average Bonchev–Trinajstić information content (AvgIpc) is 2.72. The molecule has 1 atom stereocenters. The second kappa shape index (κ2) is 5.18. The summed E-state index contributed by atoms with van der Waals surface area (Å²) in [4.78, 5) is 0. The average molecular weight is 250 g/mol. The highest BCUT2D eigenvalue weighted by molar-refractivity contribution is 5.30. The number of halogens is 1. The van der Waals surface area contributed by atoms with Crippen molar-refractivity contribution in [3.8, 4) is 5.75 Å². The fourth-order valence-electron chi connectivity index (χ4n) is 1.63. The number of nitrogens with zero attached hydrogens (tertiary/aromatic N) is 2. The summed E-state index contributed by atoms with van der Waals surface area (Å²) in [6.07, 6.45) is 0.991. The predicted molar refractivity (Wildman–Crippen MR) is 64.6 cm³/mol. The van der Waals surface area contributed by atoms with E-state index in [4.69, 9.17) is 4.74 Å². The van der Waals surface area contributed by atoms with Gasteiger partial charge in [0.25, 0.3) is 0 Å². The van der Waals surface area contributed by atoms with Crippen LogP contribution in [0, 0.1) is 5.82 Å². The molecule has 18 heavy (non-hydrogen) atoms. The SMILES string of the molecule is C[C@H](O)c1ccc(OCc2ccn(C)n2)cc1F. The zero-order valence-electron chi connectivity index (χ0n) is 10.3. The minimum absolute atomic E-state index is 0.264. The largest absolute Gasteiger partial charge is 0.487 e. The van der Waals surface area contributed by atoms with Gasteiger partial charge in [-0.15, -0.1) is 0 Å². The van der Waals surface area contributed by atoms with Crippen molar-refractivity contribution < 1.29 is 14.2 Å². The third-order valence-corrected chi connectivity index (χ3v) is 2.58. The molecular formula is C13H15FN2O2. The third-order valence-electron chi connectivity index (χ3n) is 2.58. The third kappa shape index (κ3) is 2.87. The van der Waals surface area contributed by atoms with Crippen LogP contribution in [0.4, 0.5) is 4.39 Å². The molecule has 0 aliphatic heterocycles. The van der Waals surface area contributed by atoms with E-state index < -0.39 is 11.9 Å². The van der Waals surface area contributed by atoms with Crippen molar-refractivity contribution in [1.29, 1.82) is 0 Å². The molecule has 0 saturated carbocycles. The van der Waals surface area contributed by atoms with E-state index >= 15 is 0 Å². The molecule has 2 aromatic rings. The summed E-state index contributed by atoms with van der Waals surface area (Å²) < 4.78 is 20.7. The number of hydrogen-bond donors (Lipinski definition) is 1. The highest BCUT2D eigenvalue weighted by Gasteiger charge is 2.09. The molecule has 0 radical (unpaired) electrons. The van der Waals surface area contributed by atoms with E-state index in [1.807, 2.05) is 19.3 Å². The van der Waals surface area contributed by atoms with Gasteiger partial charge in [0, 0.05) is 24.9 Å². The van der Waals surface area contributed by atoms with E-state index in [0.29, 0.717) is 5.75 Å². The van der Waals surface area contributed by atoms with Gasteiger partial charge in [-0.1, -0.05) is 0 Å². The van der Waals surface area contributed by atoms with E-state index in [2.05, 4.69) is 5.10 Å². The second-order valence-corrected chi connectivity index (χ2v) is 4.13. The van der Waals surface area contributed by atoms with Crippen LogP contribution in [-0.2, 0) is 13.7 Å². The Morgan fingerprint density at radius 1 is 1.44 bits per heavy atom. The lowest BCUT2D eigenvalue weighted by Gasteiger charge is -2.09. The lowest BCUT2D eigenvalue weighted by molar-refractivity contribution is 0.193. The van der Waals surface area contributed by atoms with Gasteiger partial charge < -0.3 is 9.84 Å². The van der Waals surface area contributed by atoms with Crippen molar-refractivity contribution in [3.05, 3.63) is 47.5 Å². The molecule has 1 aromatic heterocycles. The standard InChI is InChI=1S/C13H15FN2O2/c1-9(17)12-4-3-11(7-13(12)14)18-8-10-5-6-16(2)15-10/h3-7,9,17H,8H2,1-2H3/t9-/m0/s1. The van der Waals surface area contributed by atoms with Crippen LogP contribution in [0.2, 0.25) is 0 Å². The maximum Gasteiger partial charge on any atom is 0.132 e. The van der Waals surface area contributed by atoms with Gasteiger partial charge in [-0.2, -0.15) is 5.10 Å². The lowest BCUT2D eigenvalue weighted by Crippen LogP contribution is -2.00. The van der Waals surface area contributed by atoms with Gasteiger partial charge in [-0.3, -0.25) is 4.68 Å². The van der Waals surface area contributed by atoms with Gasteiger partial charge in [-0.05, 0) is 25.1 Å². The van der Waals surface area contributed by atoms with Gasteiger partial charge in [0.1, 0.15) is 18.2 Å². The summed E-state index contributed by atoms with van der Waals surface area (Å²) in [5.41, 5.74) is 1.04. The van der Waals surface area contributed by atoms with E-state index in [-0.39, 0.29) is 12.2 Å². The van der Waals surface area contributed by atoms with Crippen LogP contribution in [0.25, 0.3) is 0 Å². The molecule has 0 bridgehead atoms. The Labute approximate surface area is 105 Å². The minimum atomic E-state index is -0.824. The molecule has 1 heterocycles. The maximum absolute atomic E-state index is 13.6. The summed E-state index contributed by atoms with van der Waals surface area (Å²) in [7, 11) is 1.82. The van der Waals surface area contributed by atoms with E-state index in [0.717, 1.165) is 5.69 Å². The zero-order chi connectivity index (χ0) is 13.1. The monoisotopic (exact) mass is 250 g/mol. The molecule has 0 aliphatic carbocycles. The fraction of sp³-hybridized carbons (Fsp3) is 0.308. The zero-order valence-corrected chi connectivity index (χ0v) is 10.3. The van der Waals surface area contributed by atoms with Gasteiger partial charge in [0.05, 0.1) is 11.8 Å². The fourth-order valence-corrected chi connectivity index (χ4v) is 1.63. The summed E-state index contributed by atoms with van der Waals surface area (Å²) in [6, 6.07) is 6.26. The Balaban J connectivity index is 2.04. The first-order valence-corrected chi connectivity index (χ1v) is 5.65. The first-order valence-electron chi connectivity index (χ1n) is 5.65. The first-order chi connectivity index (χ1) is 8.56. The van der Waals surface area contributed by atoms with Crippen LogP contribution in [0.1, 0.15) is 24.3 Å². The highest BCUT2D eigenvalue weighted by Crippen LogP contribution is 2.22. The normalized spacial score (nSPS) is 12.4. The molecule has 0 spiro atoms. The second-order valence-electron chi connectivity index (χ2n) is 4.13. The summed E-state index contributed by atoms with van der Waals surface area (Å²) >= 11 is 0. The van der Waals surface area contributed by atoms with Crippen molar-refractivity contribution >= 4 is 0 Å². The Bertz CT molecular complexity index is 538. The first kappa shape index (κ1) is 12.6. The minimum Gasteiger partial charge on any atom is -0.487 e. The van der Waals surface area contributed by atoms with Crippen molar-refractivity contribution in [2.24, 2.45) is 7.05 Å².